The van der Waals surface area contributed by atoms with Crippen molar-refractivity contribution in [1.82, 2.24) is 20.2 Å². The first-order valence-corrected chi connectivity index (χ1v) is 8.01. The Morgan fingerprint density at radius 1 is 1.20 bits per heavy atom. The molecule has 25 heavy (non-hydrogen) atoms. The summed E-state index contributed by atoms with van der Waals surface area (Å²) in [6, 6.07) is 13.2. The maximum Gasteiger partial charge on any atom is 0.228 e. The van der Waals surface area contributed by atoms with E-state index in [2.05, 4.69) is 20.8 Å². The van der Waals surface area contributed by atoms with Crippen LogP contribution in [-0.4, -0.2) is 32.7 Å². The van der Waals surface area contributed by atoms with Gasteiger partial charge in [-0.3, -0.25) is 4.79 Å². The zero-order chi connectivity index (χ0) is 17.6. The lowest BCUT2D eigenvalue weighted by molar-refractivity contribution is -0.115. The van der Waals surface area contributed by atoms with Crippen LogP contribution in [0.3, 0.4) is 0 Å². The Morgan fingerprint density at radius 3 is 2.68 bits per heavy atom. The van der Waals surface area contributed by atoms with Gasteiger partial charge in [0, 0.05) is 5.69 Å². The molecule has 0 spiro atoms. The highest BCUT2D eigenvalue weighted by molar-refractivity contribution is 5.92. The summed E-state index contributed by atoms with van der Waals surface area (Å²) in [4.78, 5) is 12.3. The zero-order valence-corrected chi connectivity index (χ0v) is 14.1. The zero-order valence-electron chi connectivity index (χ0n) is 14.1. The molecule has 0 atom stereocenters. The molecule has 0 radical (unpaired) electrons. The van der Waals surface area contributed by atoms with Crippen molar-refractivity contribution in [1.29, 1.82) is 0 Å². The molecule has 7 heteroatoms. The van der Waals surface area contributed by atoms with E-state index in [4.69, 9.17) is 4.74 Å². The van der Waals surface area contributed by atoms with Crippen molar-refractivity contribution >= 4 is 11.6 Å². The predicted molar refractivity (Wildman–Crippen MR) is 93.8 cm³/mol. The van der Waals surface area contributed by atoms with Crippen LogP contribution in [0.1, 0.15) is 18.1 Å². The fourth-order valence-corrected chi connectivity index (χ4v) is 2.47. The summed E-state index contributed by atoms with van der Waals surface area (Å²) in [5.74, 6) is 0.715. The third-order valence-corrected chi connectivity index (χ3v) is 3.69. The second kappa shape index (κ2) is 7.57. The van der Waals surface area contributed by atoms with Crippen LogP contribution in [0.5, 0.6) is 5.75 Å². The van der Waals surface area contributed by atoms with Crippen LogP contribution in [0.15, 0.2) is 48.8 Å². The van der Waals surface area contributed by atoms with Crippen LogP contribution in [-0.2, 0) is 11.2 Å². The van der Waals surface area contributed by atoms with Crippen molar-refractivity contribution in [2.45, 2.75) is 20.3 Å². The van der Waals surface area contributed by atoms with E-state index in [9.17, 15) is 4.79 Å². The van der Waals surface area contributed by atoms with Gasteiger partial charge in [-0.05, 0) is 59.7 Å². The van der Waals surface area contributed by atoms with Gasteiger partial charge in [0.2, 0.25) is 5.91 Å². The molecule has 2 aromatic carbocycles. The van der Waals surface area contributed by atoms with Gasteiger partial charge in [-0.2, -0.15) is 0 Å². The Hall–Kier alpha value is -3.22. The largest absolute Gasteiger partial charge is 0.494 e. The van der Waals surface area contributed by atoms with E-state index < -0.39 is 0 Å². The van der Waals surface area contributed by atoms with Crippen LogP contribution in [0.2, 0.25) is 0 Å². The molecule has 128 valence electrons. The highest BCUT2D eigenvalue weighted by atomic mass is 16.5. The molecular formula is C18H19N5O2. The minimum absolute atomic E-state index is 0.0873. The molecular weight excluding hydrogens is 318 g/mol. The third-order valence-electron chi connectivity index (χ3n) is 3.69. The van der Waals surface area contributed by atoms with E-state index in [0.29, 0.717) is 18.7 Å². The SMILES string of the molecule is CCOc1ccc(CC(=O)Nc2ccc(C)c(-n3cnnn3)c2)cc1. The smallest absolute Gasteiger partial charge is 0.228 e. The van der Waals surface area contributed by atoms with E-state index in [-0.39, 0.29) is 5.91 Å². The molecule has 0 bridgehead atoms. The first-order valence-electron chi connectivity index (χ1n) is 8.01. The number of aryl methyl sites for hydroxylation is 1. The fourth-order valence-electron chi connectivity index (χ4n) is 2.47. The number of carbonyl (C=O) groups excluding carboxylic acids is 1. The number of nitrogens with one attached hydrogen (secondary N) is 1. The molecule has 0 fully saturated rings. The molecule has 3 rings (SSSR count). The van der Waals surface area contributed by atoms with Crippen LogP contribution >= 0.6 is 0 Å². The average molecular weight is 337 g/mol. The Morgan fingerprint density at radius 2 is 2.00 bits per heavy atom. The summed E-state index contributed by atoms with van der Waals surface area (Å²) in [6.45, 7) is 4.52. The Labute approximate surface area is 145 Å². The van der Waals surface area contributed by atoms with E-state index in [1.807, 2.05) is 56.3 Å². The lowest BCUT2D eigenvalue weighted by atomic mass is 10.1. The summed E-state index contributed by atoms with van der Waals surface area (Å²) in [5, 5.41) is 14.1. The number of hydrogen-bond acceptors (Lipinski definition) is 5. The van der Waals surface area contributed by atoms with Crippen molar-refractivity contribution in [3.63, 3.8) is 0 Å². The summed E-state index contributed by atoms with van der Waals surface area (Å²) >= 11 is 0. The number of nitrogens with zero attached hydrogens (tertiary/aromatic N) is 4. The van der Waals surface area contributed by atoms with Gasteiger partial charge in [0.15, 0.2) is 0 Å². The van der Waals surface area contributed by atoms with Gasteiger partial charge in [0.25, 0.3) is 0 Å². The normalized spacial score (nSPS) is 10.5. The number of ether oxygens (including phenoxy) is 1. The van der Waals surface area contributed by atoms with Gasteiger partial charge in [0.05, 0.1) is 18.7 Å². The minimum atomic E-state index is -0.0873. The van der Waals surface area contributed by atoms with Crippen LogP contribution in [0, 0.1) is 6.92 Å². The van der Waals surface area contributed by atoms with Gasteiger partial charge in [0.1, 0.15) is 12.1 Å². The number of amides is 1. The summed E-state index contributed by atoms with van der Waals surface area (Å²) < 4.78 is 6.97. The highest BCUT2D eigenvalue weighted by Crippen LogP contribution is 2.19. The van der Waals surface area contributed by atoms with E-state index in [1.165, 1.54) is 6.33 Å². The number of rotatable bonds is 6. The number of hydrogen-bond donors (Lipinski definition) is 1. The summed E-state index contributed by atoms with van der Waals surface area (Å²) in [6.07, 6.45) is 1.81. The van der Waals surface area contributed by atoms with Crippen LogP contribution < -0.4 is 10.1 Å². The number of tetrazole rings is 1. The Balaban J connectivity index is 1.67. The van der Waals surface area contributed by atoms with Crippen molar-refractivity contribution in [3.8, 4) is 11.4 Å². The first-order chi connectivity index (χ1) is 12.2. The number of carbonyl (C=O) groups is 1. The van der Waals surface area contributed by atoms with Crippen LogP contribution in [0.4, 0.5) is 5.69 Å². The molecule has 0 aliphatic heterocycles. The quantitative estimate of drug-likeness (QED) is 0.747. The molecule has 1 heterocycles. The highest BCUT2D eigenvalue weighted by Gasteiger charge is 2.08. The molecule has 0 unspecified atom stereocenters. The molecule has 0 aliphatic carbocycles. The first kappa shape index (κ1) is 16.6. The lowest BCUT2D eigenvalue weighted by Crippen LogP contribution is -2.14. The standard InChI is InChI=1S/C18H19N5O2/c1-3-25-16-8-5-14(6-9-16)10-18(24)20-15-7-4-13(2)17(11-15)23-12-19-21-22-23/h4-9,11-12H,3,10H2,1-2H3,(H,20,24). The Bertz CT molecular complexity index is 844. The van der Waals surface area contributed by atoms with Crippen molar-refractivity contribution in [2.75, 3.05) is 11.9 Å². The molecule has 1 N–H and O–H groups in total. The second-order valence-electron chi connectivity index (χ2n) is 5.56. The predicted octanol–water partition coefficient (Wildman–Crippen LogP) is 2.55. The lowest BCUT2D eigenvalue weighted by Gasteiger charge is -2.10. The Kier molecular flexibility index (Phi) is 5.03. The van der Waals surface area contributed by atoms with Gasteiger partial charge >= 0.3 is 0 Å². The summed E-state index contributed by atoms with van der Waals surface area (Å²) in [5.41, 5.74) is 3.46. The van der Waals surface area contributed by atoms with E-state index >= 15 is 0 Å². The topological polar surface area (TPSA) is 81.9 Å². The number of benzene rings is 2. The van der Waals surface area contributed by atoms with E-state index in [1.54, 1.807) is 4.68 Å². The summed E-state index contributed by atoms with van der Waals surface area (Å²) in [7, 11) is 0. The van der Waals surface area contributed by atoms with Gasteiger partial charge in [-0.15, -0.1) is 5.10 Å². The molecule has 1 amide bonds. The monoisotopic (exact) mass is 337 g/mol. The van der Waals surface area contributed by atoms with Crippen molar-refractivity contribution in [2.24, 2.45) is 0 Å². The second-order valence-corrected chi connectivity index (χ2v) is 5.56. The maximum absolute atomic E-state index is 12.3. The molecule has 0 saturated heterocycles. The minimum Gasteiger partial charge on any atom is -0.494 e. The van der Waals surface area contributed by atoms with Gasteiger partial charge in [-0.25, -0.2) is 4.68 Å². The maximum atomic E-state index is 12.3. The van der Waals surface area contributed by atoms with E-state index in [0.717, 1.165) is 22.6 Å². The average Bonchev–Trinajstić information content (AvgIpc) is 3.13. The molecule has 7 nitrogen and oxygen atoms in total. The van der Waals surface area contributed by atoms with Gasteiger partial charge < -0.3 is 10.1 Å². The fraction of sp³-hybridized carbons (Fsp3) is 0.222. The van der Waals surface area contributed by atoms with Crippen molar-refractivity contribution < 1.29 is 9.53 Å². The molecule has 1 aromatic heterocycles. The number of aromatic nitrogens is 4. The van der Waals surface area contributed by atoms with Gasteiger partial charge in [-0.1, -0.05) is 18.2 Å². The molecule has 0 saturated carbocycles. The third kappa shape index (κ3) is 4.20. The van der Waals surface area contributed by atoms with Crippen molar-refractivity contribution in [3.05, 3.63) is 59.9 Å². The van der Waals surface area contributed by atoms with Crippen LogP contribution in [0.25, 0.3) is 5.69 Å². The molecule has 0 aliphatic rings. The molecule has 3 aromatic rings. The number of anilines is 1.